The first-order valence-corrected chi connectivity index (χ1v) is 9.81. The number of nitrogens with one attached hydrogen (secondary N) is 5. The van der Waals surface area contributed by atoms with Crippen molar-refractivity contribution >= 4 is 35.4 Å². The summed E-state index contributed by atoms with van der Waals surface area (Å²) in [5.74, 6) is -1.50. The SMILES string of the molecule is CNC(=O)CC(N)C(=O)NC.CNC(=O)CC(NC(=O)Oc1ccc([N+](=O)[O-])cc1)C(=O)NC.[CH3-].[CH3-].[Y].[Y]. The van der Waals surface area contributed by atoms with Crippen molar-refractivity contribution in [3.8, 4) is 5.75 Å². The van der Waals surface area contributed by atoms with Gasteiger partial charge in [-0.05, 0) is 12.1 Å². The number of likely N-dealkylation sites (N-methyl/N-ethyl adjacent to an activating group) is 2. The van der Waals surface area contributed by atoms with Crippen LogP contribution in [0.3, 0.4) is 0 Å². The number of nitrogens with zero attached hydrogens (tertiary/aromatic N) is 1. The summed E-state index contributed by atoms with van der Waals surface area (Å²) in [4.78, 5) is 66.1. The molecule has 0 fully saturated rings. The smallest absolute Gasteiger partial charge is 0.410 e. The predicted molar refractivity (Wildman–Crippen MR) is 132 cm³/mol. The van der Waals surface area contributed by atoms with Crippen LogP contribution < -0.4 is 37.1 Å². The maximum Gasteiger partial charge on any atom is 0.413 e. The predicted octanol–water partition coefficient (Wildman–Crippen LogP) is -0.975. The Hall–Kier alpha value is -2.06. The van der Waals surface area contributed by atoms with Crippen molar-refractivity contribution in [2.75, 3.05) is 28.2 Å². The Labute approximate surface area is 272 Å². The second-order valence-electron chi connectivity index (χ2n) is 6.43. The van der Waals surface area contributed by atoms with Gasteiger partial charge in [0.25, 0.3) is 5.69 Å². The molecule has 1 aromatic carbocycles. The van der Waals surface area contributed by atoms with Crippen LogP contribution in [0.1, 0.15) is 12.8 Å². The van der Waals surface area contributed by atoms with E-state index in [1.807, 2.05) is 0 Å². The number of benzene rings is 1. The molecule has 0 aliphatic rings. The van der Waals surface area contributed by atoms with Gasteiger partial charge in [0, 0.05) is 106 Å². The zero-order chi connectivity index (χ0) is 26.3. The Morgan fingerprint density at radius 2 is 1.29 bits per heavy atom. The summed E-state index contributed by atoms with van der Waals surface area (Å²) in [6.45, 7) is 0. The molecule has 0 aliphatic heterocycles. The van der Waals surface area contributed by atoms with Gasteiger partial charge in [-0.3, -0.25) is 29.3 Å². The molecule has 0 saturated carbocycles. The summed E-state index contributed by atoms with van der Waals surface area (Å²) in [7, 11) is 5.74. The third-order valence-electron chi connectivity index (χ3n) is 4.05. The van der Waals surface area contributed by atoms with E-state index in [2.05, 4.69) is 26.6 Å². The van der Waals surface area contributed by atoms with E-state index in [0.717, 1.165) is 0 Å². The van der Waals surface area contributed by atoms with Gasteiger partial charge >= 0.3 is 6.09 Å². The third-order valence-corrected chi connectivity index (χ3v) is 4.05. The Morgan fingerprint density at radius 3 is 1.68 bits per heavy atom. The van der Waals surface area contributed by atoms with Crippen molar-refractivity contribution in [1.29, 1.82) is 0 Å². The molecule has 38 heavy (non-hydrogen) atoms. The fourth-order valence-corrected chi connectivity index (χ4v) is 2.17. The molecule has 2 unspecified atom stereocenters. The number of nitro benzene ring substituents is 1. The number of amides is 5. The fraction of sp³-hybridized carbons (Fsp3) is 0.381. The largest absolute Gasteiger partial charge is 0.413 e. The maximum absolute atomic E-state index is 11.8. The van der Waals surface area contributed by atoms with Gasteiger partial charge in [-0.1, -0.05) is 0 Å². The maximum atomic E-state index is 11.8. The summed E-state index contributed by atoms with van der Waals surface area (Å²) in [5, 5.41) is 22.2. The number of nitro groups is 1. The van der Waals surface area contributed by atoms with Gasteiger partial charge in [-0.15, -0.1) is 0 Å². The summed E-state index contributed by atoms with van der Waals surface area (Å²) in [5.41, 5.74) is 5.18. The van der Waals surface area contributed by atoms with Crippen molar-refractivity contribution in [3.05, 3.63) is 49.2 Å². The molecule has 5 amide bonds. The van der Waals surface area contributed by atoms with Crippen LogP contribution in [0.2, 0.25) is 0 Å². The molecule has 0 aromatic heterocycles. The monoisotopic (exact) mass is 691 g/mol. The fourth-order valence-electron chi connectivity index (χ4n) is 2.17. The zero-order valence-corrected chi connectivity index (χ0v) is 28.0. The number of non-ortho nitro benzene ring substituents is 1. The summed E-state index contributed by atoms with van der Waals surface area (Å²) in [6.07, 6.45) is -1.20. The normalized spacial score (nSPS) is 10.1. The molecular weight excluding hydrogens is 656 g/mol. The number of ether oxygens (including phenoxy) is 1. The minimum absolute atomic E-state index is 0. The van der Waals surface area contributed by atoms with E-state index in [4.69, 9.17) is 10.5 Å². The minimum Gasteiger partial charge on any atom is -0.410 e. The Morgan fingerprint density at radius 1 is 0.842 bits per heavy atom. The first-order chi connectivity index (χ1) is 16.0. The molecule has 7 N–H and O–H groups in total. The molecule has 0 heterocycles. The quantitative estimate of drug-likeness (QED) is 0.106. The molecule has 0 saturated heterocycles. The van der Waals surface area contributed by atoms with Crippen molar-refractivity contribution in [1.82, 2.24) is 26.6 Å². The summed E-state index contributed by atoms with van der Waals surface area (Å²) in [6, 6.07) is 2.97. The number of carbonyl (C=O) groups is 5. The van der Waals surface area contributed by atoms with Crippen molar-refractivity contribution < 1.29 is 99.1 Å². The van der Waals surface area contributed by atoms with Gasteiger partial charge in [-0.2, -0.15) is 0 Å². The van der Waals surface area contributed by atoms with Crippen LogP contribution in [0.25, 0.3) is 0 Å². The van der Waals surface area contributed by atoms with Crippen molar-refractivity contribution in [2.45, 2.75) is 24.9 Å². The number of hydrogen-bond donors (Lipinski definition) is 6. The first-order valence-electron chi connectivity index (χ1n) is 9.81. The van der Waals surface area contributed by atoms with Crippen LogP contribution in [0.5, 0.6) is 5.75 Å². The van der Waals surface area contributed by atoms with E-state index in [0.29, 0.717) is 0 Å². The van der Waals surface area contributed by atoms with Gasteiger partial charge in [-0.25, -0.2) is 4.79 Å². The Bertz CT molecular complexity index is 889. The van der Waals surface area contributed by atoms with E-state index >= 15 is 0 Å². The van der Waals surface area contributed by atoms with Gasteiger partial charge < -0.3 is 51.9 Å². The van der Waals surface area contributed by atoms with E-state index in [-0.39, 0.29) is 116 Å². The van der Waals surface area contributed by atoms with Gasteiger partial charge in [0.1, 0.15) is 11.8 Å². The van der Waals surface area contributed by atoms with Crippen LogP contribution in [0.15, 0.2) is 24.3 Å². The Kier molecular flexibility index (Phi) is 30.4. The van der Waals surface area contributed by atoms with Gasteiger partial charge in [0.15, 0.2) is 0 Å². The first kappa shape index (κ1) is 45.8. The molecule has 0 spiro atoms. The molecule has 0 bridgehead atoms. The van der Waals surface area contributed by atoms with Gasteiger partial charge in [0.05, 0.1) is 23.8 Å². The molecule has 2 atom stereocenters. The molecular formula is C21H35N7O8Y2-2. The van der Waals surface area contributed by atoms with Crippen LogP contribution in [0, 0.1) is 25.0 Å². The van der Waals surface area contributed by atoms with Crippen LogP contribution >= 0.6 is 0 Å². The minimum atomic E-state index is -1.11. The van der Waals surface area contributed by atoms with Crippen molar-refractivity contribution in [2.24, 2.45) is 5.73 Å². The Balaban J connectivity index is -0.000000209. The summed E-state index contributed by atoms with van der Waals surface area (Å²) < 4.78 is 4.91. The van der Waals surface area contributed by atoms with E-state index in [1.54, 1.807) is 0 Å². The van der Waals surface area contributed by atoms with Crippen LogP contribution in [-0.4, -0.2) is 74.9 Å². The second-order valence-corrected chi connectivity index (χ2v) is 6.43. The molecule has 1 aromatic rings. The number of nitrogens with two attached hydrogens (primary N) is 1. The number of rotatable bonds is 9. The molecule has 2 radical (unpaired) electrons. The van der Waals surface area contributed by atoms with E-state index in [1.165, 1.54) is 52.5 Å². The second kappa shape index (κ2) is 25.2. The zero-order valence-electron chi connectivity index (χ0n) is 22.3. The topological polar surface area (TPSA) is 224 Å². The summed E-state index contributed by atoms with van der Waals surface area (Å²) >= 11 is 0. The molecule has 17 heteroatoms. The number of carbonyl (C=O) groups excluding carboxylic acids is 5. The molecule has 1 rings (SSSR count). The van der Waals surface area contributed by atoms with Crippen molar-refractivity contribution in [3.63, 3.8) is 0 Å². The average Bonchev–Trinajstić information content (AvgIpc) is 2.82. The van der Waals surface area contributed by atoms with Gasteiger partial charge in [0.2, 0.25) is 23.6 Å². The molecule has 0 aliphatic carbocycles. The average molecular weight is 691 g/mol. The molecule has 210 valence electrons. The van der Waals surface area contributed by atoms with Crippen LogP contribution in [0.4, 0.5) is 10.5 Å². The van der Waals surface area contributed by atoms with E-state index < -0.39 is 34.9 Å². The standard InChI is InChI=1S/C13H16N4O6.C6H13N3O2.2CH3.2Y/c1-14-11(18)7-10(12(19)15-2)16-13(20)23-9-5-3-8(4-6-9)17(21)22;1-8-5(10)3-4(7)6(11)9-2;;;;/h3-6,10H,7H2,1-2H3,(H,14,18)(H,15,19)(H,16,20);4H,3,7H2,1-2H3,(H,8,10)(H,9,11);2*1H3;;/q;;2*-1;;. The molecule has 15 nitrogen and oxygen atoms in total. The van der Waals surface area contributed by atoms with Crippen LogP contribution in [-0.2, 0) is 84.6 Å². The number of hydrogen-bond acceptors (Lipinski definition) is 9. The van der Waals surface area contributed by atoms with E-state index in [9.17, 15) is 34.1 Å². The third kappa shape index (κ3) is 19.1.